The van der Waals surface area contributed by atoms with Crippen molar-refractivity contribution in [3.05, 3.63) is 19.2 Å². The van der Waals surface area contributed by atoms with Gasteiger partial charge in [-0.15, -0.1) is 11.3 Å². The van der Waals surface area contributed by atoms with Crippen LogP contribution in [0.4, 0.5) is 0 Å². The summed E-state index contributed by atoms with van der Waals surface area (Å²) >= 11 is 8.15. The van der Waals surface area contributed by atoms with Gasteiger partial charge in [-0.1, -0.05) is 0 Å². The lowest BCUT2D eigenvalue weighted by atomic mass is 10.2. The molecule has 0 aromatic carbocycles. The molecule has 0 fully saturated rings. The Morgan fingerprint density at radius 2 is 2.24 bits per heavy atom. The number of carbonyl (C=O) groups is 1. The fourth-order valence-electron chi connectivity index (χ4n) is 1.21. The van der Waals surface area contributed by atoms with Crippen molar-refractivity contribution in [1.29, 1.82) is 0 Å². The molecule has 7 heteroatoms. The second-order valence-corrected chi connectivity index (χ2v) is 8.98. The maximum atomic E-state index is 11.9. The topological polar surface area (TPSA) is 46.2 Å². The van der Waals surface area contributed by atoms with Gasteiger partial charge in [0.05, 0.1) is 13.1 Å². The van der Waals surface area contributed by atoms with Crippen LogP contribution in [0.2, 0.25) is 0 Å². The zero-order chi connectivity index (χ0) is 13.0. The van der Waals surface area contributed by atoms with E-state index < -0.39 is 10.8 Å². The average molecular weight is 403 g/mol. The third-order valence-corrected chi connectivity index (χ3v) is 5.27. The van der Waals surface area contributed by atoms with E-state index in [0.717, 1.165) is 14.0 Å². The van der Waals surface area contributed by atoms with E-state index >= 15 is 0 Å². The van der Waals surface area contributed by atoms with Crippen LogP contribution >= 0.6 is 43.2 Å². The van der Waals surface area contributed by atoms with E-state index in [4.69, 9.17) is 0 Å². The first-order valence-corrected chi connectivity index (χ1v) is 9.09. The zero-order valence-corrected chi connectivity index (χ0v) is 14.3. The Morgan fingerprint density at radius 3 is 2.71 bits per heavy atom. The van der Waals surface area contributed by atoms with Gasteiger partial charge in [0, 0.05) is 28.9 Å². The first kappa shape index (κ1) is 15.3. The Hall–Kier alpha value is 0.280. The Morgan fingerprint density at radius 1 is 1.59 bits per heavy atom. The summed E-state index contributed by atoms with van der Waals surface area (Å²) in [5, 5.41) is 2.89. The molecule has 1 rings (SSSR count). The molecule has 0 radical (unpaired) electrons. The van der Waals surface area contributed by atoms with Crippen molar-refractivity contribution in [2.75, 3.05) is 12.0 Å². The molecular formula is C10H13Br2NO2S2. The number of amides is 1. The van der Waals surface area contributed by atoms with E-state index in [2.05, 4.69) is 37.2 Å². The molecule has 2 unspecified atom stereocenters. The minimum Gasteiger partial charge on any atom is -0.349 e. The number of rotatable bonds is 5. The van der Waals surface area contributed by atoms with Crippen LogP contribution in [0.1, 0.15) is 23.7 Å². The van der Waals surface area contributed by atoms with Crippen molar-refractivity contribution in [3.63, 3.8) is 0 Å². The first-order chi connectivity index (χ1) is 7.90. The van der Waals surface area contributed by atoms with Crippen molar-refractivity contribution < 1.29 is 9.00 Å². The monoisotopic (exact) mass is 401 g/mol. The molecule has 96 valence electrons. The standard InChI is InChI=1S/C10H13Br2NO2S2/c1-6(3-4-17(2)15)13-10(14)7-5-8(11)16-9(7)12/h5-6H,3-4H2,1-2H3,(H,13,14). The van der Waals surface area contributed by atoms with Gasteiger partial charge in [0.15, 0.2) is 0 Å². The number of nitrogens with one attached hydrogen (secondary N) is 1. The number of hydrogen-bond acceptors (Lipinski definition) is 3. The van der Waals surface area contributed by atoms with Crippen molar-refractivity contribution in [3.8, 4) is 0 Å². The second kappa shape index (κ2) is 7.01. The minimum atomic E-state index is -0.812. The van der Waals surface area contributed by atoms with Crippen molar-refractivity contribution >= 4 is 59.9 Å². The summed E-state index contributed by atoms with van der Waals surface area (Å²) in [6, 6.07) is 1.81. The van der Waals surface area contributed by atoms with Gasteiger partial charge in [-0.3, -0.25) is 9.00 Å². The van der Waals surface area contributed by atoms with Crippen LogP contribution in [0.25, 0.3) is 0 Å². The predicted octanol–water partition coefficient (Wildman–Crippen LogP) is 3.16. The van der Waals surface area contributed by atoms with Crippen molar-refractivity contribution in [1.82, 2.24) is 5.32 Å². The molecule has 0 aliphatic carbocycles. The summed E-state index contributed by atoms with van der Waals surface area (Å²) in [6.45, 7) is 1.92. The third kappa shape index (κ3) is 5.19. The van der Waals surface area contributed by atoms with E-state index in [1.54, 1.807) is 12.3 Å². The second-order valence-electron chi connectivity index (χ2n) is 3.68. The maximum absolute atomic E-state index is 11.9. The van der Waals surface area contributed by atoms with E-state index in [1.165, 1.54) is 11.3 Å². The summed E-state index contributed by atoms with van der Waals surface area (Å²) in [7, 11) is -0.812. The van der Waals surface area contributed by atoms with E-state index in [1.807, 2.05) is 6.92 Å². The Balaban J connectivity index is 2.54. The quantitative estimate of drug-likeness (QED) is 0.822. The van der Waals surface area contributed by atoms with Crippen LogP contribution in [0.3, 0.4) is 0 Å². The van der Waals surface area contributed by atoms with E-state index in [9.17, 15) is 9.00 Å². The molecule has 0 aliphatic heterocycles. The Kier molecular flexibility index (Phi) is 6.33. The molecule has 0 saturated carbocycles. The Labute approximate surface area is 124 Å². The Bertz CT molecular complexity index is 434. The highest BCUT2D eigenvalue weighted by molar-refractivity contribution is 9.12. The summed E-state index contributed by atoms with van der Waals surface area (Å²) in [6.07, 6.45) is 2.39. The molecule has 1 heterocycles. The van der Waals surface area contributed by atoms with Gasteiger partial charge in [-0.2, -0.15) is 0 Å². The van der Waals surface area contributed by atoms with E-state index in [0.29, 0.717) is 11.3 Å². The molecule has 0 aliphatic rings. The minimum absolute atomic E-state index is 0.0250. The van der Waals surface area contributed by atoms with Gasteiger partial charge in [0.25, 0.3) is 5.91 Å². The van der Waals surface area contributed by atoms with Crippen LogP contribution < -0.4 is 5.32 Å². The molecule has 2 atom stereocenters. The summed E-state index contributed by atoms with van der Waals surface area (Å²) in [5.74, 6) is 0.504. The SMILES string of the molecule is CC(CCS(C)=O)NC(=O)c1cc(Br)sc1Br. The average Bonchev–Trinajstić information content (AvgIpc) is 2.55. The first-order valence-electron chi connectivity index (χ1n) is 4.96. The highest BCUT2D eigenvalue weighted by Crippen LogP contribution is 2.31. The lowest BCUT2D eigenvalue weighted by molar-refractivity contribution is 0.0939. The number of carbonyl (C=O) groups excluding carboxylic acids is 1. The van der Waals surface area contributed by atoms with Gasteiger partial charge in [0.1, 0.15) is 0 Å². The largest absolute Gasteiger partial charge is 0.349 e. The third-order valence-electron chi connectivity index (χ3n) is 2.12. The van der Waals surface area contributed by atoms with Gasteiger partial charge < -0.3 is 5.32 Å². The van der Waals surface area contributed by atoms with Gasteiger partial charge in [-0.05, 0) is 51.3 Å². The number of thiophene rings is 1. The lowest BCUT2D eigenvalue weighted by Gasteiger charge is -2.12. The smallest absolute Gasteiger partial charge is 0.253 e. The van der Waals surface area contributed by atoms with Crippen molar-refractivity contribution in [2.45, 2.75) is 19.4 Å². The van der Waals surface area contributed by atoms with Gasteiger partial charge in [-0.25, -0.2) is 0 Å². The molecule has 0 saturated heterocycles. The van der Waals surface area contributed by atoms with E-state index in [-0.39, 0.29) is 11.9 Å². The van der Waals surface area contributed by atoms with Crippen molar-refractivity contribution in [2.24, 2.45) is 0 Å². The molecule has 1 N–H and O–H groups in total. The summed E-state index contributed by atoms with van der Waals surface area (Å²) < 4.78 is 12.7. The van der Waals surface area contributed by atoms with Crippen LogP contribution in [0, 0.1) is 0 Å². The fraction of sp³-hybridized carbons (Fsp3) is 0.500. The van der Waals surface area contributed by atoms with Crippen LogP contribution in [0.15, 0.2) is 13.6 Å². The van der Waals surface area contributed by atoms with Gasteiger partial charge in [0.2, 0.25) is 0 Å². The highest BCUT2D eigenvalue weighted by Gasteiger charge is 2.15. The van der Waals surface area contributed by atoms with Crippen LogP contribution in [-0.4, -0.2) is 28.2 Å². The molecular weight excluding hydrogens is 390 g/mol. The molecule has 3 nitrogen and oxygen atoms in total. The summed E-state index contributed by atoms with van der Waals surface area (Å²) in [5.41, 5.74) is 0.631. The molecule has 0 bridgehead atoms. The molecule has 0 spiro atoms. The predicted molar refractivity (Wildman–Crippen MR) is 80.2 cm³/mol. The molecule has 1 amide bonds. The molecule has 1 aromatic heterocycles. The summed E-state index contributed by atoms with van der Waals surface area (Å²) in [4.78, 5) is 11.9. The molecule has 1 aromatic rings. The highest BCUT2D eigenvalue weighted by atomic mass is 79.9. The normalized spacial score (nSPS) is 14.4. The van der Waals surface area contributed by atoms with Crippen LogP contribution in [-0.2, 0) is 10.8 Å². The number of halogens is 2. The maximum Gasteiger partial charge on any atom is 0.253 e. The van der Waals surface area contributed by atoms with Gasteiger partial charge >= 0.3 is 0 Å². The zero-order valence-electron chi connectivity index (χ0n) is 9.46. The lowest BCUT2D eigenvalue weighted by Crippen LogP contribution is -2.33. The van der Waals surface area contributed by atoms with Crippen LogP contribution in [0.5, 0.6) is 0 Å². The fourth-order valence-corrected chi connectivity index (χ4v) is 4.69. The number of hydrogen-bond donors (Lipinski definition) is 1. The molecule has 17 heavy (non-hydrogen) atoms.